The van der Waals surface area contributed by atoms with E-state index in [9.17, 15) is 9.59 Å². The number of hydrogen-bond donors (Lipinski definition) is 0. The molecule has 5 heteroatoms. The number of carbonyl (C=O) groups is 2. The molecule has 1 unspecified atom stereocenters. The van der Waals surface area contributed by atoms with Gasteiger partial charge in [-0.15, -0.1) is 0 Å². The molecule has 1 atom stereocenters. The van der Waals surface area contributed by atoms with Crippen LogP contribution in [-0.2, 0) is 20.7 Å². The summed E-state index contributed by atoms with van der Waals surface area (Å²) in [5.74, 6) is -1.64. The van der Waals surface area contributed by atoms with E-state index in [2.05, 4.69) is 0 Å². The van der Waals surface area contributed by atoms with Crippen LogP contribution in [0, 0.1) is 17.2 Å². The van der Waals surface area contributed by atoms with Gasteiger partial charge in [-0.2, -0.15) is 5.26 Å². The zero-order chi connectivity index (χ0) is 15.0. The van der Waals surface area contributed by atoms with Crippen LogP contribution >= 0.6 is 0 Å². The van der Waals surface area contributed by atoms with E-state index in [-0.39, 0.29) is 19.1 Å². The number of likely N-dealkylation sites (N-methyl/N-ethyl adjacent to an activating group) is 1. The highest BCUT2D eigenvalue weighted by Crippen LogP contribution is 2.10. The van der Waals surface area contributed by atoms with Gasteiger partial charge >= 0.3 is 5.97 Å². The summed E-state index contributed by atoms with van der Waals surface area (Å²) in [6, 6.07) is 11.3. The van der Waals surface area contributed by atoms with E-state index in [0.29, 0.717) is 6.42 Å². The van der Waals surface area contributed by atoms with Crippen molar-refractivity contribution in [1.29, 1.82) is 5.26 Å². The molecule has 0 saturated carbocycles. The second-order valence-electron chi connectivity index (χ2n) is 4.37. The van der Waals surface area contributed by atoms with Crippen LogP contribution in [0.5, 0.6) is 0 Å². The summed E-state index contributed by atoms with van der Waals surface area (Å²) in [7, 11) is 1.49. The quantitative estimate of drug-likeness (QED) is 0.735. The van der Waals surface area contributed by atoms with Crippen molar-refractivity contribution in [2.75, 3.05) is 20.2 Å². The fourth-order valence-electron chi connectivity index (χ4n) is 1.78. The Morgan fingerprint density at radius 1 is 1.35 bits per heavy atom. The van der Waals surface area contributed by atoms with E-state index in [0.717, 1.165) is 5.56 Å². The normalized spacial score (nSPS) is 11.2. The van der Waals surface area contributed by atoms with Crippen molar-refractivity contribution in [1.82, 2.24) is 4.90 Å². The van der Waals surface area contributed by atoms with Gasteiger partial charge in [-0.1, -0.05) is 30.3 Å². The number of carbonyl (C=O) groups excluding carboxylic acids is 2. The third-order valence-electron chi connectivity index (χ3n) is 2.78. The predicted molar refractivity (Wildman–Crippen MR) is 73.5 cm³/mol. The van der Waals surface area contributed by atoms with Crippen LogP contribution in [0.1, 0.15) is 12.5 Å². The van der Waals surface area contributed by atoms with Crippen molar-refractivity contribution >= 4 is 11.9 Å². The molecule has 20 heavy (non-hydrogen) atoms. The Morgan fingerprint density at radius 2 is 2.00 bits per heavy atom. The Hall–Kier alpha value is -2.35. The highest BCUT2D eigenvalue weighted by Gasteiger charge is 2.23. The number of amides is 1. The van der Waals surface area contributed by atoms with Crippen LogP contribution in [-0.4, -0.2) is 37.0 Å². The summed E-state index contributed by atoms with van der Waals surface area (Å²) in [5.41, 5.74) is 0.914. The molecule has 0 radical (unpaired) electrons. The third-order valence-corrected chi connectivity index (χ3v) is 2.78. The Balaban J connectivity index is 2.63. The minimum atomic E-state index is -0.795. The summed E-state index contributed by atoms with van der Waals surface area (Å²) < 4.78 is 4.78. The van der Waals surface area contributed by atoms with Crippen molar-refractivity contribution in [3.8, 4) is 6.07 Å². The summed E-state index contributed by atoms with van der Waals surface area (Å²) in [4.78, 5) is 24.7. The van der Waals surface area contributed by atoms with Crippen molar-refractivity contribution in [2.24, 2.45) is 5.92 Å². The first-order valence-corrected chi connectivity index (χ1v) is 6.42. The highest BCUT2D eigenvalue weighted by molar-refractivity contribution is 5.85. The first kappa shape index (κ1) is 15.7. The van der Waals surface area contributed by atoms with E-state index >= 15 is 0 Å². The van der Waals surface area contributed by atoms with Crippen molar-refractivity contribution < 1.29 is 14.3 Å². The number of ether oxygens (including phenoxy) is 1. The van der Waals surface area contributed by atoms with Gasteiger partial charge in [0.25, 0.3) is 0 Å². The van der Waals surface area contributed by atoms with Crippen LogP contribution in [0.2, 0.25) is 0 Å². The maximum atomic E-state index is 12.1. The molecule has 1 aromatic rings. The third kappa shape index (κ3) is 4.73. The standard InChI is InChI=1S/C15H18N2O3/c1-3-20-14(18)11-17(2)15(19)13(10-16)9-12-7-5-4-6-8-12/h4-8,13H,3,9,11H2,1-2H3. The Labute approximate surface area is 118 Å². The van der Waals surface area contributed by atoms with Crippen LogP contribution < -0.4 is 0 Å². The summed E-state index contributed by atoms with van der Waals surface area (Å²) in [5, 5.41) is 9.13. The van der Waals surface area contributed by atoms with Crippen LogP contribution in [0.25, 0.3) is 0 Å². The number of esters is 1. The number of nitrogens with zero attached hydrogens (tertiary/aromatic N) is 2. The molecule has 0 aliphatic carbocycles. The second-order valence-corrected chi connectivity index (χ2v) is 4.37. The van der Waals surface area contributed by atoms with Gasteiger partial charge < -0.3 is 9.64 Å². The molecule has 0 aromatic heterocycles. The maximum Gasteiger partial charge on any atom is 0.325 e. The summed E-state index contributed by atoms with van der Waals surface area (Å²) in [6.07, 6.45) is 0.337. The Morgan fingerprint density at radius 3 is 2.55 bits per heavy atom. The molecule has 0 fully saturated rings. The summed E-state index contributed by atoms with van der Waals surface area (Å²) >= 11 is 0. The maximum absolute atomic E-state index is 12.1. The molecule has 0 saturated heterocycles. The largest absolute Gasteiger partial charge is 0.465 e. The zero-order valence-electron chi connectivity index (χ0n) is 11.7. The molecule has 1 aromatic carbocycles. The first-order valence-electron chi connectivity index (χ1n) is 6.42. The lowest BCUT2D eigenvalue weighted by molar-refractivity contribution is -0.148. The van der Waals surface area contributed by atoms with Gasteiger partial charge in [0.15, 0.2) is 0 Å². The monoisotopic (exact) mass is 274 g/mol. The molecule has 0 N–H and O–H groups in total. The fraction of sp³-hybridized carbons (Fsp3) is 0.400. The van der Waals surface area contributed by atoms with Gasteiger partial charge in [-0.05, 0) is 18.9 Å². The van der Waals surface area contributed by atoms with Gasteiger partial charge in [-0.25, -0.2) is 0 Å². The molecule has 106 valence electrons. The Bertz CT molecular complexity index is 494. The molecule has 0 aliphatic heterocycles. The molecule has 0 aliphatic rings. The van der Waals surface area contributed by atoms with Crippen molar-refractivity contribution in [3.05, 3.63) is 35.9 Å². The molecular weight excluding hydrogens is 256 g/mol. The predicted octanol–water partition coefficient (Wildman–Crippen LogP) is 1.39. The minimum absolute atomic E-state index is 0.139. The van der Waals surface area contributed by atoms with Gasteiger partial charge in [0, 0.05) is 7.05 Å². The topological polar surface area (TPSA) is 70.4 Å². The minimum Gasteiger partial charge on any atom is -0.465 e. The number of hydrogen-bond acceptors (Lipinski definition) is 4. The van der Waals surface area contributed by atoms with Crippen LogP contribution in [0.4, 0.5) is 0 Å². The van der Waals surface area contributed by atoms with E-state index in [4.69, 9.17) is 10.00 Å². The van der Waals surface area contributed by atoms with E-state index < -0.39 is 11.9 Å². The lowest BCUT2D eigenvalue weighted by Gasteiger charge is -2.19. The second kappa shape index (κ2) is 7.95. The zero-order valence-corrected chi connectivity index (χ0v) is 11.7. The van der Waals surface area contributed by atoms with Crippen molar-refractivity contribution in [3.63, 3.8) is 0 Å². The van der Waals surface area contributed by atoms with Gasteiger partial charge in [0.1, 0.15) is 12.5 Å². The fourth-order valence-corrected chi connectivity index (χ4v) is 1.78. The highest BCUT2D eigenvalue weighted by atomic mass is 16.5. The lowest BCUT2D eigenvalue weighted by Crippen LogP contribution is -2.37. The van der Waals surface area contributed by atoms with Crippen molar-refractivity contribution in [2.45, 2.75) is 13.3 Å². The van der Waals surface area contributed by atoms with Gasteiger partial charge in [0.05, 0.1) is 12.7 Å². The van der Waals surface area contributed by atoms with Crippen LogP contribution in [0.15, 0.2) is 30.3 Å². The number of rotatable bonds is 6. The Kier molecular flexibility index (Phi) is 6.24. The molecule has 0 heterocycles. The SMILES string of the molecule is CCOC(=O)CN(C)C(=O)C(C#N)Cc1ccccc1. The number of nitriles is 1. The molecule has 5 nitrogen and oxygen atoms in total. The molecule has 0 bridgehead atoms. The average molecular weight is 274 g/mol. The molecule has 0 spiro atoms. The molecule has 1 rings (SSSR count). The number of benzene rings is 1. The van der Waals surface area contributed by atoms with Gasteiger partial charge in [0.2, 0.25) is 5.91 Å². The summed E-state index contributed by atoms with van der Waals surface area (Å²) in [6.45, 7) is 1.83. The van der Waals surface area contributed by atoms with E-state index in [1.165, 1.54) is 11.9 Å². The average Bonchev–Trinajstić information content (AvgIpc) is 2.45. The lowest BCUT2D eigenvalue weighted by atomic mass is 9.99. The first-order chi connectivity index (χ1) is 9.58. The van der Waals surface area contributed by atoms with E-state index in [1.807, 2.05) is 36.4 Å². The molecule has 1 amide bonds. The van der Waals surface area contributed by atoms with Crippen LogP contribution in [0.3, 0.4) is 0 Å². The van der Waals surface area contributed by atoms with Gasteiger partial charge in [-0.3, -0.25) is 9.59 Å². The molecular formula is C15H18N2O3. The van der Waals surface area contributed by atoms with E-state index in [1.54, 1.807) is 6.92 Å². The smallest absolute Gasteiger partial charge is 0.325 e.